The minimum atomic E-state index is -0.197. The highest BCUT2D eigenvalue weighted by Gasteiger charge is 2.11. The fraction of sp³-hybridized carbons (Fsp3) is 0.176. The van der Waals surface area contributed by atoms with Crippen molar-refractivity contribution in [3.63, 3.8) is 0 Å². The van der Waals surface area contributed by atoms with E-state index in [1.807, 2.05) is 6.92 Å². The monoisotopic (exact) mass is 350 g/mol. The van der Waals surface area contributed by atoms with E-state index in [-0.39, 0.29) is 18.2 Å². The molecule has 0 spiro atoms. The van der Waals surface area contributed by atoms with E-state index in [1.165, 1.54) is 6.92 Å². The summed E-state index contributed by atoms with van der Waals surface area (Å²) in [5.41, 5.74) is 2.80. The van der Waals surface area contributed by atoms with E-state index < -0.39 is 0 Å². The molecule has 2 rings (SSSR count). The van der Waals surface area contributed by atoms with Crippen LogP contribution in [-0.4, -0.2) is 11.8 Å². The lowest BCUT2D eigenvalue weighted by molar-refractivity contribution is -0.115. The van der Waals surface area contributed by atoms with Crippen LogP contribution in [0.25, 0.3) is 0 Å². The molecule has 2 N–H and O–H groups in total. The van der Waals surface area contributed by atoms with Gasteiger partial charge in [-0.1, -0.05) is 35.3 Å². The fourth-order valence-electron chi connectivity index (χ4n) is 2.13. The largest absolute Gasteiger partial charge is 0.326 e. The SMILES string of the molecule is CC(=O)Nc1cccc(NC(=O)Cc2ccc(Cl)cc2Cl)c1C. The van der Waals surface area contributed by atoms with Crippen molar-refractivity contribution in [3.8, 4) is 0 Å². The molecule has 0 atom stereocenters. The molecule has 2 aromatic carbocycles. The Hall–Kier alpha value is -2.04. The summed E-state index contributed by atoms with van der Waals surface area (Å²) in [5, 5.41) is 6.54. The Bertz CT molecular complexity index is 760. The third-order valence-electron chi connectivity index (χ3n) is 3.28. The van der Waals surface area contributed by atoms with Crippen LogP contribution in [0.1, 0.15) is 18.1 Å². The first kappa shape index (κ1) is 17.3. The lowest BCUT2D eigenvalue weighted by Crippen LogP contribution is -2.16. The number of carbonyl (C=O) groups is 2. The maximum absolute atomic E-state index is 12.2. The minimum Gasteiger partial charge on any atom is -0.326 e. The number of nitrogens with one attached hydrogen (secondary N) is 2. The molecule has 0 aromatic heterocycles. The first-order valence-electron chi connectivity index (χ1n) is 6.98. The number of hydrogen-bond acceptors (Lipinski definition) is 2. The summed E-state index contributed by atoms with van der Waals surface area (Å²) in [6, 6.07) is 10.4. The smallest absolute Gasteiger partial charge is 0.228 e. The topological polar surface area (TPSA) is 58.2 Å². The van der Waals surface area contributed by atoms with Gasteiger partial charge in [0.05, 0.1) is 6.42 Å². The molecule has 4 nitrogen and oxygen atoms in total. The van der Waals surface area contributed by atoms with Crippen molar-refractivity contribution in [1.82, 2.24) is 0 Å². The minimum absolute atomic E-state index is 0.139. The van der Waals surface area contributed by atoms with E-state index in [1.54, 1.807) is 36.4 Å². The van der Waals surface area contributed by atoms with Crippen molar-refractivity contribution >= 4 is 46.4 Å². The Morgan fingerprint density at radius 1 is 1.04 bits per heavy atom. The number of halogens is 2. The molecule has 2 amide bonds. The zero-order chi connectivity index (χ0) is 17.0. The molecular formula is C17H16Cl2N2O2. The second-order valence-electron chi connectivity index (χ2n) is 5.12. The Balaban J connectivity index is 2.12. The predicted molar refractivity (Wildman–Crippen MR) is 94.3 cm³/mol. The van der Waals surface area contributed by atoms with Gasteiger partial charge in [0.25, 0.3) is 0 Å². The van der Waals surface area contributed by atoms with Crippen molar-refractivity contribution in [3.05, 3.63) is 57.6 Å². The normalized spacial score (nSPS) is 10.3. The molecule has 6 heteroatoms. The molecular weight excluding hydrogens is 335 g/mol. The van der Waals surface area contributed by atoms with Gasteiger partial charge in [-0.2, -0.15) is 0 Å². The van der Waals surface area contributed by atoms with Crippen LogP contribution < -0.4 is 10.6 Å². The summed E-state index contributed by atoms with van der Waals surface area (Å²) in [5.74, 6) is -0.359. The van der Waals surface area contributed by atoms with Crippen LogP contribution in [0, 0.1) is 6.92 Å². The van der Waals surface area contributed by atoms with Crippen molar-refractivity contribution in [1.29, 1.82) is 0 Å². The molecule has 0 radical (unpaired) electrons. The van der Waals surface area contributed by atoms with Gasteiger partial charge in [0.2, 0.25) is 11.8 Å². The number of amides is 2. The molecule has 0 aliphatic rings. The number of carbonyl (C=O) groups excluding carboxylic acids is 2. The average molecular weight is 351 g/mol. The number of anilines is 2. The van der Waals surface area contributed by atoms with Gasteiger partial charge in [-0.3, -0.25) is 9.59 Å². The van der Waals surface area contributed by atoms with E-state index in [4.69, 9.17) is 23.2 Å². The fourth-order valence-corrected chi connectivity index (χ4v) is 2.60. The number of hydrogen-bond donors (Lipinski definition) is 2. The van der Waals surface area contributed by atoms with Gasteiger partial charge >= 0.3 is 0 Å². The summed E-state index contributed by atoms with van der Waals surface area (Å²) in [4.78, 5) is 23.4. The van der Waals surface area contributed by atoms with Crippen LogP contribution in [0.3, 0.4) is 0 Å². The van der Waals surface area contributed by atoms with Gasteiger partial charge in [0, 0.05) is 28.3 Å². The van der Waals surface area contributed by atoms with Crippen LogP contribution >= 0.6 is 23.2 Å². The van der Waals surface area contributed by atoms with Crippen molar-refractivity contribution in [2.24, 2.45) is 0 Å². The van der Waals surface area contributed by atoms with Crippen molar-refractivity contribution in [2.75, 3.05) is 10.6 Å². The Morgan fingerprint density at radius 3 is 2.30 bits per heavy atom. The quantitative estimate of drug-likeness (QED) is 0.856. The van der Waals surface area contributed by atoms with Gasteiger partial charge in [-0.15, -0.1) is 0 Å². The van der Waals surface area contributed by atoms with Gasteiger partial charge < -0.3 is 10.6 Å². The molecule has 0 unspecified atom stereocenters. The van der Waals surface area contributed by atoms with E-state index in [0.29, 0.717) is 27.0 Å². The average Bonchev–Trinajstić information content (AvgIpc) is 2.46. The van der Waals surface area contributed by atoms with Gasteiger partial charge in [-0.05, 0) is 42.3 Å². The zero-order valence-corrected chi connectivity index (χ0v) is 14.3. The van der Waals surface area contributed by atoms with Crippen LogP contribution in [-0.2, 0) is 16.0 Å². The molecule has 120 valence electrons. The first-order valence-corrected chi connectivity index (χ1v) is 7.73. The maximum Gasteiger partial charge on any atom is 0.228 e. The molecule has 0 saturated heterocycles. The molecule has 0 aliphatic heterocycles. The predicted octanol–water partition coefficient (Wildman–Crippen LogP) is 4.44. The maximum atomic E-state index is 12.2. The second kappa shape index (κ2) is 7.49. The molecule has 0 aliphatic carbocycles. The zero-order valence-electron chi connectivity index (χ0n) is 12.7. The van der Waals surface area contributed by atoms with E-state index in [9.17, 15) is 9.59 Å². The van der Waals surface area contributed by atoms with Crippen LogP contribution in [0.4, 0.5) is 11.4 Å². The third kappa shape index (κ3) is 4.71. The summed E-state index contributed by atoms with van der Waals surface area (Å²) in [6.07, 6.45) is 0.139. The van der Waals surface area contributed by atoms with Crippen molar-refractivity contribution < 1.29 is 9.59 Å². The van der Waals surface area contributed by atoms with Gasteiger partial charge in [0.15, 0.2) is 0 Å². The van der Waals surface area contributed by atoms with E-state index >= 15 is 0 Å². The first-order chi connectivity index (χ1) is 10.9. The van der Waals surface area contributed by atoms with E-state index in [0.717, 1.165) is 5.56 Å². The number of rotatable bonds is 4. The van der Waals surface area contributed by atoms with E-state index in [2.05, 4.69) is 10.6 Å². The highest BCUT2D eigenvalue weighted by atomic mass is 35.5. The number of benzene rings is 2. The second-order valence-corrected chi connectivity index (χ2v) is 5.96. The van der Waals surface area contributed by atoms with Crippen LogP contribution in [0.5, 0.6) is 0 Å². The van der Waals surface area contributed by atoms with Gasteiger partial charge in [0.1, 0.15) is 0 Å². The lowest BCUT2D eigenvalue weighted by Gasteiger charge is -2.13. The highest BCUT2D eigenvalue weighted by Crippen LogP contribution is 2.25. The summed E-state index contributed by atoms with van der Waals surface area (Å²) in [7, 11) is 0. The molecule has 0 heterocycles. The summed E-state index contributed by atoms with van der Waals surface area (Å²) >= 11 is 11.9. The summed E-state index contributed by atoms with van der Waals surface area (Å²) < 4.78 is 0. The highest BCUT2D eigenvalue weighted by molar-refractivity contribution is 6.35. The standard InChI is InChI=1S/C17H16Cl2N2O2/c1-10-15(20-11(2)22)4-3-5-16(10)21-17(23)8-12-6-7-13(18)9-14(12)19/h3-7,9H,8H2,1-2H3,(H,20,22)(H,21,23). The Morgan fingerprint density at radius 2 is 1.70 bits per heavy atom. The van der Waals surface area contributed by atoms with Crippen LogP contribution in [0.15, 0.2) is 36.4 Å². The van der Waals surface area contributed by atoms with Crippen molar-refractivity contribution in [2.45, 2.75) is 20.3 Å². The lowest BCUT2D eigenvalue weighted by atomic mass is 10.1. The molecule has 23 heavy (non-hydrogen) atoms. The summed E-state index contributed by atoms with van der Waals surface area (Å²) in [6.45, 7) is 3.27. The molecule has 0 fully saturated rings. The van der Waals surface area contributed by atoms with Crippen LogP contribution in [0.2, 0.25) is 10.0 Å². The Kier molecular flexibility index (Phi) is 5.64. The molecule has 2 aromatic rings. The molecule has 0 bridgehead atoms. The molecule has 0 saturated carbocycles. The Labute approximate surface area is 144 Å². The third-order valence-corrected chi connectivity index (χ3v) is 3.87. The van der Waals surface area contributed by atoms with Gasteiger partial charge in [-0.25, -0.2) is 0 Å².